The van der Waals surface area contributed by atoms with Gasteiger partial charge in [0.15, 0.2) is 0 Å². The Balaban J connectivity index is 1.07. The Morgan fingerprint density at radius 3 is 1.79 bits per heavy atom. The van der Waals surface area contributed by atoms with E-state index in [-0.39, 0.29) is 11.8 Å². The first kappa shape index (κ1) is 33.8. The Labute approximate surface area is 278 Å². The zero-order valence-corrected chi connectivity index (χ0v) is 27.1. The van der Waals surface area contributed by atoms with E-state index in [1.807, 2.05) is 18.2 Å². The molecule has 1 heterocycles. The molecule has 1 saturated carbocycles. The number of carbonyl (C=O) groups is 1. The summed E-state index contributed by atoms with van der Waals surface area (Å²) in [6.45, 7) is 3.50. The van der Waals surface area contributed by atoms with Gasteiger partial charge in [0, 0.05) is 37.2 Å². The first-order valence-electron chi connectivity index (χ1n) is 16.8. The molecular formula is C37H47N7O3. The van der Waals surface area contributed by atoms with Gasteiger partial charge in [-0.2, -0.15) is 15.0 Å². The molecule has 1 fully saturated rings. The van der Waals surface area contributed by atoms with Crippen LogP contribution in [0.5, 0.6) is 0 Å². The number of aromatic nitrogens is 3. The fourth-order valence-electron chi connectivity index (χ4n) is 5.74. The van der Waals surface area contributed by atoms with Gasteiger partial charge >= 0.3 is 0 Å². The topological polar surface area (TPSA) is 122 Å². The number of carbonyl (C=O) groups excluding carboxylic acids is 1. The van der Waals surface area contributed by atoms with Crippen LogP contribution < -0.4 is 21.3 Å². The molecule has 10 nitrogen and oxygen atoms in total. The van der Waals surface area contributed by atoms with Gasteiger partial charge in [0.1, 0.15) is 0 Å². The number of anilines is 3. The smallest absolute Gasteiger partial charge is 0.251 e. The lowest BCUT2D eigenvalue weighted by Gasteiger charge is -2.23. The molecule has 1 aliphatic rings. The molecule has 4 N–H and O–H groups in total. The van der Waals surface area contributed by atoms with Crippen LogP contribution in [0.4, 0.5) is 17.8 Å². The van der Waals surface area contributed by atoms with Crippen LogP contribution in [0, 0.1) is 0 Å². The van der Waals surface area contributed by atoms with E-state index in [4.69, 9.17) is 14.5 Å². The number of rotatable bonds is 19. The summed E-state index contributed by atoms with van der Waals surface area (Å²) in [5.41, 5.74) is 3.22. The Bertz CT molecular complexity index is 1420. The van der Waals surface area contributed by atoms with Gasteiger partial charge in [-0.3, -0.25) is 4.79 Å². The fraction of sp³-hybridized carbons (Fsp3) is 0.405. The van der Waals surface area contributed by atoms with Crippen molar-refractivity contribution >= 4 is 23.8 Å². The van der Waals surface area contributed by atoms with E-state index in [0.29, 0.717) is 75.5 Å². The van der Waals surface area contributed by atoms with Crippen LogP contribution in [0.25, 0.3) is 0 Å². The number of nitrogens with one attached hydrogen (secondary N) is 4. The third kappa shape index (κ3) is 11.6. The average Bonchev–Trinajstić information content (AvgIpc) is 3.12. The molecule has 0 atom stereocenters. The van der Waals surface area contributed by atoms with E-state index in [9.17, 15) is 4.79 Å². The molecule has 0 saturated heterocycles. The molecule has 0 bridgehead atoms. The SMILES string of the molecule is O=C(NCCOCCOCCNc1nc(NCCC(c2ccccc2)c2ccccc2)nc(NC2CCCCC2)n1)c1ccccc1. The van der Waals surface area contributed by atoms with Crippen molar-refractivity contribution in [3.63, 3.8) is 0 Å². The van der Waals surface area contributed by atoms with Crippen LogP contribution in [0.2, 0.25) is 0 Å². The Hall–Kier alpha value is -4.54. The third-order valence-corrected chi connectivity index (χ3v) is 8.16. The summed E-state index contributed by atoms with van der Waals surface area (Å²) < 4.78 is 11.3. The summed E-state index contributed by atoms with van der Waals surface area (Å²) in [4.78, 5) is 26.2. The van der Waals surface area contributed by atoms with Crippen molar-refractivity contribution in [1.29, 1.82) is 0 Å². The summed E-state index contributed by atoms with van der Waals surface area (Å²) in [7, 11) is 0. The zero-order chi connectivity index (χ0) is 32.4. The van der Waals surface area contributed by atoms with Gasteiger partial charge in [0.2, 0.25) is 17.8 Å². The maximum absolute atomic E-state index is 12.1. The lowest BCUT2D eigenvalue weighted by atomic mass is 9.88. The normalized spacial score (nSPS) is 13.3. The Morgan fingerprint density at radius 1 is 0.638 bits per heavy atom. The molecule has 3 aromatic carbocycles. The molecule has 248 valence electrons. The predicted octanol–water partition coefficient (Wildman–Crippen LogP) is 6.13. The lowest BCUT2D eigenvalue weighted by Crippen LogP contribution is -2.27. The lowest BCUT2D eigenvalue weighted by molar-refractivity contribution is 0.0519. The van der Waals surface area contributed by atoms with Gasteiger partial charge < -0.3 is 30.7 Å². The van der Waals surface area contributed by atoms with E-state index in [1.165, 1.54) is 30.4 Å². The number of hydrogen-bond donors (Lipinski definition) is 4. The van der Waals surface area contributed by atoms with Crippen LogP contribution in [0.1, 0.15) is 65.9 Å². The fourth-order valence-corrected chi connectivity index (χ4v) is 5.74. The van der Waals surface area contributed by atoms with Gasteiger partial charge in [-0.1, -0.05) is 98.1 Å². The van der Waals surface area contributed by atoms with Crippen molar-refractivity contribution in [3.8, 4) is 0 Å². The van der Waals surface area contributed by atoms with Gasteiger partial charge in [-0.15, -0.1) is 0 Å². The molecule has 1 amide bonds. The number of amides is 1. The quantitative estimate of drug-likeness (QED) is 0.0900. The van der Waals surface area contributed by atoms with Crippen molar-refractivity contribution in [3.05, 3.63) is 108 Å². The monoisotopic (exact) mass is 637 g/mol. The molecule has 4 aromatic rings. The molecule has 0 aliphatic heterocycles. The second-order valence-corrected chi connectivity index (χ2v) is 11.6. The second-order valence-electron chi connectivity index (χ2n) is 11.6. The molecule has 1 aliphatic carbocycles. The minimum atomic E-state index is -0.103. The summed E-state index contributed by atoms with van der Waals surface area (Å²) in [6, 6.07) is 30.8. The highest BCUT2D eigenvalue weighted by Crippen LogP contribution is 2.28. The van der Waals surface area contributed by atoms with Crippen LogP contribution >= 0.6 is 0 Å². The van der Waals surface area contributed by atoms with E-state index >= 15 is 0 Å². The molecule has 0 spiro atoms. The largest absolute Gasteiger partial charge is 0.377 e. The Morgan fingerprint density at radius 2 is 1.17 bits per heavy atom. The summed E-state index contributed by atoms with van der Waals surface area (Å²) >= 11 is 0. The maximum atomic E-state index is 12.1. The molecule has 47 heavy (non-hydrogen) atoms. The number of hydrogen-bond acceptors (Lipinski definition) is 9. The zero-order valence-electron chi connectivity index (χ0n) is 27.1. The van der Waals surface area contributed by atoms with Crippen molar-refractivity contribution < 1.29 is 14.3 Å². The number of nitrogens with zero attached hydrogens (tertiary/aromatic N) is 3. The van der Waals surface area contributed by atoms with Crippen molar-refractivity contribution in [2.75, 3.05) is 62.0 Å². The van der Waals surface area contributed by atoms with Crippen molar-refractivity contribution in [2.24, 2.45) is 0 Å². The van der Waals surface area contributed by atoms with Gasteiger partial charge in [-0.25, -0.2) is 0 Å². The molecule has 10 heteroatoms. The maximum Gasteiger partial charge on any atom is 0.251 e. The summed E-state index contributed by atoms with van der Waals surface area (Å²) in [6.07, 6.45) is 6.88. The summed E-state index contributed by atoms with van der Waals surface area (Å²) in [5.74, 6) is 1.81. The van der Waals surface area contributed by atoms with E-state index < -0.39 is 0 Å². The predicted molar refractivity (Wildman–Crippen MR) is 187 cm³/mol. The van der Waals surface area contributed by atoms with Crippen LogP contribution in [-0.4, -0.2) is 73.0 Å². The Kier molecular flexibility index (Phi) is 13.8. The minimum Gasteiger partial charge on any atom is -0.377 e. The molecule has 1 aromatic heterocycles. The average molecular weight is 638 g/mol. The number of benzene rings is 3. The van der Waals surface area contributed by atoms with Crippen LogP contribution in [0.3, 0.4) is 0 Å². The van der Waals surface area contributed by atoms with E-state index in [1.54, 1.807) is 12.1 Å². The van der Waals surface area contributed by atoms with Crippen molar-refractivity contribution in [2.45, 2.75) is 50.5 Å². The third-order valence-electron chi connectivity index (χ3n) is 8.16. The highest BCUT2D eigenvalue weighted by atomic mass is 16.5. The first-order chi connectivity index (χ1) is 23.2. The van der Waals surface area contributed by atoms with Crippen LogP contribution in [-0.2, 0) is 9.47 Å². The van der Waals surface area contributed by atoms with Gasteiger partial charge in [0.25, 0.3) is 5.91 Å². The van der Waals surface area contributed by atoms with Crippen molar-refractivity contribution in [1.82, 2.24) is 20.3 Å². The molecular weight excluding hydrogens is 590 g/mol. The van der Waals surface area contributed by atoms with Gasteiger partial charge in [0.05, 0.1) is 26.4 Å². The first-order valence-corrected chi connectivity index (χ1v) is 16.8. The summed E-state index contributed by atoms with van der Waals surface area (Å²) in [5, 5.41) is 13.2. The van der Waals surface area contributed by atoms with Crippen LogP contribution in [0.15, 0.2) is 91.0 Å². The highest BCUT2D eigenvalue weighted by Gasteiger charge is 2.17. The standard InChI is InChI=1S/C37H47N7O3/c45-34(31-17-9-3-10-18-31)38-23-25-46-27-28-47-26-24-40-36-42-35(43-37(44-36)41-32-19-11-4-12-20-32)39-22-21-33(29-13-5-1-6-14-29)30-15-7-2-8-16-30/h1-3,5-10,13-18,32-33H,4,11-12,19-28H2,(H,38,45)(H3,39,40,41,42,43,44). The van der Waals surface area contributed by atoms with E-state index in [0.717, 1.165) is 19.3 Å². The molecule has 0 unspecified atom stereocenters. The molecule has 5 rings (SSSR count). The second kappa shape index (κ2) is 19.2. The van der Waals surface area contributed by atoms with Gasteiger partial charge in [-0.05, 0) is 42.5 Å². The van der Waals surface area contributed by atoms with E-state index in [2.05, 4.69) is 91.9 Å². The highest BCUT2D eigenvalue weighted by molar-refractivity contribution is 5.94. The number of ether oxygens (including phenoxy) is 2. The molecule has 0 radical (unpaired) electrons. The minimum absolute atomic E-state index is 0.103.